The summed E-state index contributed by atoms with van der Waals surface area (Å²) in [5, 5.41) is 37.3. The zero-order chi connectivity index (χ0) is 47.9. The number of rotatable bonds is 12. The highest BCUT2D eigenvalue weighted by Crippen LogP contribution is 2.15. The molecule has 1 aliphatic rings. The number of carbonyl (C=O) groups is 7. The summed E-state index contributed by atoms with van der Waals surface area (Å²) in [5.74, 6) is -9.15. The van der Waals surface area contributed by atoms with Crippen molar-refractivity contribution in [2.75, 3.05) is 19.6 Å². The standard InChI is InChI=1S/C32H45N11O6.2C2HF3O2/c33-31(34)37-14-4-8-22-28(47)41-23(9-5-15-38-32(35)36)29(48)43-24(16-19-6-2-1-3-7-19)27(46)39-18-26(45)40-25(30(49)42-22)17-20-10-12-21(44)13-11-20;2*3-2(4,5)1(6)7/h1-3,6-7,10-13,22-25,44H,4-5,8-9,14-18H2,(H,39,46)(H,40,45)(H,41,47)(H,42,49)(H,43,48)(H4,33,34,37)(H4,35,36,38);2*(H,6,7)/t22-,23-,24-,25+;;/m0../s1. The van der Waals surface area contributed by atoms with Gasteiger partial charge < -0.3 is 64.8 Å². The SMILES string of the molecule is NC(N)=NCCC[C@@H]1NC(=O)[C@H](CCCN=C(N)N)NC(=O)[C@@H](Cc2ccc(O)cc2)NC(=O)CNC(=O)[C@H](Cc2ccccc2)NC1=O.O=C(O)C(F)(F)F.O=C(O)C(F)(F)F. The first-order chi connectivity index (χ1) is 29.3. The van der Waals surface area contributed by atoms with Gasteiger partial charge in [-0.05, 0) is 48.9 Å². The highest BCUT2D eigenvalue weighted by atomic mass is 19.4. The fourth-order valence-corrected chi connectivity index (χ4v) is 5.03. The fraction of sp³-hybridized carbons (Fsp3) is 0.417. The molecule has 1 saturated heterocycles. The molecule has 1 aliphatic heterocycles. The third-order valence-electron chi connectivity index (χ3n) is 8.01. The molecule has 0 unspecified atom stereocenters. The lowest BCUT2D eigenvalue weighted by Gasteiger charge is -2.26. The minimum absolute atomic E-state index is 0.00176. The highest BCUT2D eigenvalue weighted by molar-refractivity contribution is 5.97. The minimum Gasteiger partial charge on any atom is -0.508 e. The second kappa shape index (κ2) is 26.1. The molecule has 63 heavy (non-hydrogen) atoms. The van der Waals surface area contributed by atoms with E-state index in [2.05, 4.69) is 36.6 Å². The zero-order valence-electron chi connectivity index (χ0n) is 33.0. The van der Waals surface area contributed by atoms with Crippen LogP contribution in [0.5, 0.6) is 5.75 Å². The van der Waals surface area contributed by atoms with Crippen molar-refractivity contribution in [3.63, 3.8) is 0 Å². The predicted molar refractivity (Wildman–Crippen MR) is 210 cm³/mol. The molecule has 0 aromatic heterocycles. The van der Waals surface area contributed by atoms with E-state index in [9.17, 15) is 55.4 Å². The Morgan fingerprint density at radius 1 is 0.587 bits per heavy atom. The number of aromatic hydroxyl groups is 1. The summed E-state index contributed by atoms with van der Waals surface area (Å²) in [4.78, 5) is 93.3. The van der Waals surface area contributed by atoms with E-state index in [1.54, 1.807) is 36.4 Å². The van der Waals surface area contributed by atoms with Gasteiger partial charge in [0.2, 0.25) is 29.5 Å². The Kier molecular flexibility index (Phi) is 22.2. The first kappa shape index (κ1) is 53.7. The number of hydrogen-bond donors (Lipinski definition) is 12. The van der Waals surface area contributed by atoms with E-state index in [4.69, 9.17) is 42.7 Å². The normalized spacial score (nSPS) is 18.5. The fourth-order valence-electron chi connectivity index (χ4n) is 5.03. The monoisotopic (exact) mass is 907 g/mol. The summed E-state index contributed by atoms with van der Waals surface area (Å²) in [6.45, 7) is -0.172. The number of carbonyl (C=O) groups excluding carboxylic acids is 5. The first-order valence-electron chi connectivity index (χ1n) is 18.3. The number of aliphatic imine (C=N–C) groups is 2. The molecular weight excluding hydrogens is 860 g/mol. The Hall–Kier alpha value is -7.35. The van der Waals surface area contributed by atoms with Crippen LogP contribution in [0.2, 0.25) is 0 Å². The van der Waals surface area contributed by atoms with Crippen LogP contribution in [0.25, 0.3) is 0 Å². The molecule has 0 radical (unpaired) electrons. The van der Waals surface area contributed by atoms with Crippen LogP contribution in [-0.2, 0) is 46.4 Å². The number of halogens is 6. The molecule has 1 heterocycles. The molecule has 16 N–H and O–H groups in total. The third-order valence-corrected chi connectivity index (χ3v) is 8.01. The maximum Gasteiger partial charge on any atom is 0.490 e. The van der Waals surface area contributed by atoms with E-state index in [-0.39, 0.29) is 62.9 Å². The quantitative estimate of drug-likeness (QED) is 0.0506. The van der Waals surface area contributed by atoms with Crippen LogP contribution in [0, 0.1) is 0 Å². The van der Waals surface area contributed by atoms with Gasteiger partial charge >= 0.3 is 24.3 Å². The Morgan fingerprint density at radius 2 is 0.952 bits per heavy atom. The van der Waals surface area contributed by atoms with Crippen molar-refractivity contribution in [1.29, 1.82) is 0 Å². The van der Waals surface area contributed by atoms with E-state index in [0.717, 1.165) is 5.56 Å². The van der Waals surface area contributed by atoms with Gasteiger partial charge in [-0.25, -0.2) is 9.59 Å². The smallest absolute Gasteiger partial charge is 0.490 e. The number of nitrogens with zero attached hydrogens (tertiary/aromatic N) is 2. The zero-order valence-corrected chi connectivity index (χ0v) is 33.0. The van der Waals surface area contributed by atoms with Gasteiger partial charge in [0.1, 0.15) is 29.9 Å². The molecule has 21 nitrogen and oxygen atoms in total. The van der Waals surface area contributed by atoms with Gasteiger partial charge in [0, 0.05) is 25.9 Å². The molecule has 3 rings (SSSR count). The molecule has 4 atom stereocenters. The number of carboxylic acid groups (broad SMARTS) is 2. The van der Waals surface area contributed by atoms with Crippen LogP contribution in [0.1, 0.15) is 36.8 Å². The second-order valence-electron chi connectivity index (χ2n) is 13.1. The van der Waals surface area contributed by atoms with Gasteiger partial charge in [-0.15, -0.1) is 0 Å². The summed E-state index contributed by atoms with van der Waals surface area (Å²) in [6, 6.07) is 10.4. The highest BCUT2D eigenvalue weighted by Gasteiger charge is 2.39. The van der Waals surface area contributed by atoms with Crippen molar-refractivity contribution in [3.05, 3.63) is 65.7 Å². The Balaban J connectivity index is 0.00000121. The largest absolute Gasteiger partial charge is 0.508 e. The van der Waals surface area contributed by atoms with E-state index < -0.39 is 84.5 Å². The molecule has 0 spiro atoms. The minimum atomic E-state index is -5.08. The summed E-state index contributed by atoms with van der Waals surface area (Å²) >= 11 is 0. The van der Waals surface area contributed by atoms with Crippen molar-refractivity contribution in [2.45, 2.75) is 75.0 Å². The number of phenolic OH excluding ortho intramolecular Hbond substituents is 1. The molecular formula is C36H47F6N11O10. The van der Waals surface area contributed by atoms with E-state index in [0.29, 0.717) is 12.0 Å². The van der Waals surface area contributed by atoms with E-state index in [1.807, 2.05) is 6.07 Å². The number of amides is 5. The molecule has 348 valence electrons. The molecule has 0 aliphatic carbocycles. The van der Waals surface area contributed by atoms with Crippen LogP contribution in [0.4, 0.5) is 26.3 Å². The number of nitrogens with one attached hydrogen (secondary N) is 5. The summed E-state index contributed by atoms with van der Waals surface area (Å²) < 4.78 is 63.5. The number of alkyl halides is 6. The summed E-state index contributed by atoms with van der Waals surface area (Å²) in [6.07, 6.45) is -9.34. The van der Waals surface area contributed by atoms with Crippen LogP contribution in [-0.4, -0.2) is 125 Å². The van der Waals surface area contributed by atoms with Gasteiger partial charge in [-0.2, -0.15) is 26.3 Å². The van der Waals surface area contributed by atoms with Gasteiger partial charge in [0.05, 0.1) is 6.54 Å². The molecule has 27 heteroatoms. The van der Waals surface area contributed by atoms with Crippen LogP contribution in [0.15, 0.2) is 64.6 Å². The van der Waals surface area contributed by atoms with Gasteiger partial charge in [-0.3, -0.25) is 34.0 Å². The van der Waals surface area contributed by atoms with Crippen LogP contribution < -0.4 is 49.5 Å². The van der Waals surface area contributed by atoms with Crippen LogP contribution >= 0.6 is 0 Å². The lowest BCUT2D eigenvalue weighted by Crippen LogP contribution is -2.58. The first-order valence-corrected chi connectivity index (χ1v) is 18.3. The molecule has 1 fully saturated rings. The average molecular weight is 908 g/mol. The second-order valence-corrected chi connectivity index (χ2v) is 13.1. The maximum atomic E-state index is 13.8. The van der Waals surface area contributed by atoms with Crippen molar-refractivity contribution in [3.8, 4) is 5.75 Å². The van der Waals surface area contributed by atoms with Crippen molar-refractivity contribution in [1.82, 2.24) is 26.6 Å². The van der Waals surface area contributed by atoms with Crippen molar-refractivity contribution in [2.24, 2.45) is 32.9 Å². The number of nitrogens with two attached hydrogens (primary N) is 4. The van der Waals surface area contributed by atoms with Gasteiger partial charge in [0.15, 0.2) is 11.9 Å². The van der Waals surface area contributed by atoms with E-state index in [1.165, 1.54) is 12.1 Å². The number of aliphatic carboxylic acids is 2. The van der Waals surface area contributed by atoms with Gasteiger partial charge in [0.25, 0.3) is 0 Å². The Morgan fingerprint density at radius 3 is 1.35 bits per heavy atom. The topological polar surface area (TPSA) is 369 Å². The average Bonchev–Trinajstić information content (AvgIpc) is 3.19. The maximum absolute atomic E-state index is 13.8. The number of hydrogen-bond acceptors (Lipinski definition) is 10. The Labute approximate surface area is 354 Å². The Bertz CT molecular complexity index is 1890. The third kappa shape index (κ3) is 22.7. The van der Waals surface area contributed by atoms with Crippen molar-refractivity contribution < 1.29 is 75.2 Å². The molecule has 0 saturated carbocycles. The number of benzene rings is 2. The van der Waals surface area contributed by atoms with Crippen molar-refractivity contribution >= 4 is 53.4 Å². The number of phenols is 1. The predicted octanol–water partition coefficient (Wildman–Crippen LogP) is -1.38. The molecule has 5 amide bonds. The van der Waals surface area contributed by atoms with E-state index >= 15 is 0 Å². The lowest BCUT2D eigenvalue weighted by molar-refractivity contribution is -0.193. The molecule has 2 aromatic carbocycles. The van der Waals surface area contributed by atoms with Crippen LogP contribution in [0.3, 0.4) is 0 Å². The summed E-state index contributed by atoms with van der Waals surface area (Å²) in [5.41, 5.74) is 23.1. The molecule has 2 aromatic rings. The number of carboxylic acids is 2. The van der Waals surface area contributed by atoms with Gasteiger partial charge in [-0.1, -0.05) is 42.5 Å². The number of guanidine groups is 2. The lowest BCUT2D eigenvalue weighted by atomic mass is 10.0. The molecule has 0 bridgehead atoms. The summed E-state index contributed by atoms with van der Waals surface area (Å²) in [7, 11) is 0.